The van der Waals surface area contributed by atoms with Crippen LogP contribution in [0.1, 0.15) is 52.4 Å². The van der Waals surface area contributed by atoms with Crippen molar-refractivity contribution in [3.05, 3.63) is 0 Å². The fraction of sp³-hybridized carbons (Fsp3) is 0.917. The summed E-state index contributed by atoms with van der Waals surface area (Å²) in [5, 5.41) is 0. The average Bonchev–Trinajstić information content (AvgIpc) is 2.28. The lowest BCUT2D eigenvalue weighted by molar-refractivity contribution is -0.153. The molecule has 1 aliphatic carbocycles. The van der Waals surface area contributed by atoms with E-state index in [1.165, 1.54) is 19.3 Å². The summed E-state index contributed by atoms with van der Waals surface area (Å²) in [4.78, 5) is 11.7. The fourth-order valence-electron chi connectivity index (χ4n) is 1.91. The van der Waals surface area contributed by atoms with Crippen molar-refractivity contribution in [3.63, 3.8) is 0 Å². The molecule has 0 saturated heterocycles. The third-order valence-electron chi connectivity index (χ3n) is 3.36. The van der Waals surface area contributed by atoms with E-state index in [1.54, 1.807) is 0 Å². The maximum Gasteiger partial charge on any atom is 0.323 e. The zero-order chi connectivity index (χ0) is 11.3. The van der Waals surface area contributed by atoms with Gasteiger partial charge in [0.15, 0.2) is 0 Å². The summed E-state index contributed by atoms with van der Waals surface area (Å²) in [7, 11) is 0. The molecule has 2 atom stereocenters. The van der Waals surface area contributed by atoms with Crippen molar-refractivity contribution in [2.24, 2.45) is 11.7 Å². The Morgan fingerprint density at radius 3 is 2.53 bits per heavy atom. The number of hydrogen-bond acceptors (Lipinski definition) is 3. The average molecular weight is 213 g/mol. The number of nitrogens with two attached hydrogens (primary N) is 1. The van der Waals surface area contributed by atoms with Gasteiger partial charge >= 0.3 is 5.97 Å². The van der Waals surface area contributed by atoms with Gasteiger partial charge in [-0.2, -0.15) is 0 Å². The first-order valence-corrected chi connectivity index (χ1v) is 6.11. The van der Waals surface area contributed by atoms with Crippen LogP contribution in [-0.2, 0) is 9.53 Å². The summed E-state index contributed by atoms with van der Waals surface area (Å²) in [6.45, 7) is 4.03. The van der Waals surface area contributed by atoms with Gasteiger partial charge in [0.25, 0.3) is 0 Å². The van der Waals surface area contributed by atoms with Gasteiger partial charge in [0.05, 0.1) is 0 Å². The van der Waals surface area contributed by atoms with Gasteiger partial charge in [0.1, 0.15) is 12.1 Å². The van der Waals surface area contributed by atoms with Gasteiger partial charge in [-0.15, -0.1) is 0 Å². The number of hydrogen-bond donors (Lipinski definition) is 1. The highest BCUT2D eigenvalue weighted by molar-refractivity contribution is 5.76. The number of ether oxygens (including phenoxy) is 1. The Morgan fingerprint density at radius 2 is 2.00 bits per heavy atom. The first-order chi connectivity index (χ1) is 7.15. The highest BCUT2D eigenvalue weighted by Gasteiger charge is 2.24. The molecule has 1 rings (SSSR count). The van der Waals surface area contributed by atoms with Crippen LogP contribution in [-0.4, -0.2) is 18.1 Å². The first kappa shape index (κ1) is 12.5. The highest BCUT2D eigenvalue weighted by Crippen LogP contribution is 2.21. The van der Waals surface area contributed by atoms with Gasteiger partial charge in [-0.1, -0.05) is 26.7 Å². The van der Waals surface area contributed by atoms with Crippen molar-refractivity contribution in [1.82, 2.24) is 0 Å². The second kappa shape index (κ2) is 6.11. The van der Waals surface area contributed by atoms with Crippen LogP contribution in [0.25, 0.3) is 0 Å². The lowest BCUT2D eigenvalue weighted by atomic mass is 9.97. The van der Waals surface area contributed by atoms with Crippen LogP contribution in [0.5, 0.6) is 0 Å². The summed E-state index contributed by atoms with van der Waals surface area (Å²) in [5.41, 5.74) is 5.81. The van der Waals surface area contributed by atoms with Crippen LogP contribution in [0.2, 0.25) is 0 Å². The van der Waals surface area contributed by atoms with Crippen LogP contribution in [0.3, 0.4) is 0 Å². The molecule has 0 aromatic heterocycles. The third kappa shape index (κ3) is 3.82. The molecule has 1 unspecified atom stereocenters. The number of rotatable bonds is 4. The van der Waals surface area contributed by atoms with Crippen molar-refractivity contribution < 1.29 is 9.53 Å². The molecule has 88 valence electrons. The van der Waals surface area contributed by atoms with Crippen LogP contribution in [0.15, 0.2) is 0 Å². The minimum absolute atomic E-state index is 0.126. The minimum atomic E-state index is -0.447. The summed E-state index contributed by atoms with van der Waals surface area (Å²) in [6, 6.07) is -0.447. The van der Waals surface area contributed by atoms with Crippen molar-refractivity contribution in [2.75, 3.05) is 0 Å². The molecule has 15 heavy (non-hydrogen) atoms. The van der Waals surface area contributed by atoms with Crippen molar-refractivity contribution >= 4 is 5.97 Å². The van der Waals surface area contributed by atoms with Crippen LogP contribution < -0.4 is 5.73 Å². The van der Waals surface area contributed by atoms with Crippen LogP contribution >= 0.6 is 0 Å². The van der Waals surface area contributed by atoms with Crippen LogP contribution in [0, 0.1) is 5.92 Å². The van der Waals surface area contributed by atoms with Gasteiger partial charge in [0, 0.05) is 0 Å². The van der Waals surface area contributed by atoms with Gasteiger partial charge in [-0.05, 0) is 31.6 Å². The minimum Gasteiger partial charge on any atom is -0.461 e. The quantitative estimate of drug-likeness (QED) is 0.729. The van der Waals surface area contributed by atoms with E-state index in [2.05, 4.69) is 0 Å². The Hall–Kier alpha value is -0.570. The summed E-state index contributed by atoms with van der Waals surface area (Å²) < 4.78 is 5.41. The van der Waals surface area contributed by atoms with Gasteiger partial charge in [0.2, 0.25) is 0 Å². The number of carbonyl (C=O) groups excluding carboxylic acids is 1. The van der Waals surface area contributed by atoms with Crippen molar-refractivity contribution in [2.45, 2.75) is 64.5 Å². The smallest absolute Gasteiger partial charge is 0.323 e. The first-order valence-electron chi connectivity index (χ1n) is 6.11. The molecule has 1 aliphatic rings. The standard InChI is InChI=1S/C12H23NO2/c1-3-9(2)11(13)12(14)15-10-7-5-4-6-8-10/h9-11H,3-8,13H2,1-2H3/t9?,11-/m0/s1. The normalized spacial score (nSPS) is 22.1. The molecule has 0 heterocycles. The monoisotopic (exact) mass is 213 g/mol. The molecule has 0 aromatic rings. The molecule has 3 heteroatoms. The lowest BCUT2D eigenvalue weighted by Gasteiger charge is -2.25. The third-order valence-corrected chi connectivity index (χ3v) is 3.36. The maximum absolute atomic E-state index is 11.7. The predicted octanol–water partition coefficient (Wildman–Crippen LogP) is 2.24. The molecule has 3 nitrogen and oxygen atoms in total. The topological polar surface area (TPSA) is 52.3 Å². The van der Waals surface area contributed by atoms with E-state index in [9.17, 15) is 4.79 Å². The molecule has 1 fully saturated rings. The molecule has 0 spiro atoms. The summed E-state index contributed by atoms with van der Waals surface area (Å²) >= 11 is 0. The Bertz CT molecular complexity index is 200. The second-order valence-electron chi connectivity index (χ2n) is 4.61. The maximum atomic E-state index is 11.7. The Labute approximate surface area is 92.4 Å². The van der Waals surface area contributed by atoms with E-state index in [1.807, 2.05) is 13.8 Å². The van der Waals surface area contributed by atoms with E-state index >= 15 is 0 Å². The molecule has 0 amide bonds. The van der Waals surface area contributed by atoms with E-state index in [-0.39, 0.29) is 18.0 Å². The predicted molar refractivity (Wildman–Crippen MR) is 60.4 cm³/mol. The van der Waals surface area contributed by atoms with Gasteiger partial charge in [-0.25, -0.2) is 0 Å². The molecule has 0 aliphatic heterocycles. The number of esters is 1. The van der Waals surface area contributed by atoms with Crippen molar-refractivity contribution in [1.29, 1.82) is 0 Å². The molecule has 0 aromatic carbocycles. The largest absolute Gasteiger partial charge is 0.461 e. The zero-order valence-corrected chi connectivity index (χ0v) is 9.87. The van der Waals surface area contributed by atoms with E-state index in [0.29, 0.717) is 0 Å². The SMILES string of the molecule is CCC(C)[C@H](N)C(=O)OC1CCCCC1. The second-order valence-corrected chi connectivity index (χ2v) is 4.61. The summed E-state index contributed by atoms with van der Waals surface area (Å²) in [5.74, 6) is -0.00246. The lowest BCUT2D eigenvalue weighted by Crippen LogP contribution is -2.40. The highest BCUT2D eigenvalue weighted by atomic mass is 16.5. The van der Waals surface area contributed by atoms with Gasteiger partial charge < -0.3 is 10.5 Å². The Kier molecular flexibility index (Phi) is 5.09. The Morgan fingerprint density at radius 1 is 1.40 bits per heavy atom. The fourth-order valence-corrected chi connectivity index (χ4v) is 1.91. The number of carbonyl (C=O) groups is 1. The molecular formula is C12H23NO2. The van der Waals surface area contributed by atoms with Crippen LogP contribution in [0.4, 0.5) is 0 Å². The van der Waals surface area contributed by atoms with Crippen molar-refractivity contribution in [3.8, 4) is 0 Å². The molecule has 1 saturated carbocycles. The molecular weight excluding hydrogens is 190 g/mol. The Balaban J connectivity index is 2.33. The van der Waals surface area contributed by atoms with E-state index in [4.69, 9.17) is 10.5 Å². The molecule has 2 N–H and O–H groups in total. The summed E-state index contributed by atoms with van der Waals surface area (Å²) in [6.07, 6.45) is 6.69. The van der Waals surface area contributed by atoms with E-state index < -0.39 is 6.04 Å². The molecule has 0 radical (unpaired) electrons. The molecule has 0 bridgehead atoms. The van der Waals surface area contributed by atoms with E-state index in [0.717, 1.165) is 19.3 Å². The van der Waals surface area contributed by atoms with Gasteiger partial charge in [-0.3, -0.25) is 4.79 Å². The zero-order valence-electron chi connectivity index (χ0n) is 9.87.